The summed E-state index contributed by atoms with van der Waals surface area (Å²) < 4.78 is 11.0. The second-order valence-corrected chi connectivity index (χ2v) is 5.80. The van der Waals surface area contributed by atoms with E-state index < -0.39 is 6.10 Å². The Morgan fingerprint density at radius 2 is 1.88 bits per heavy atom. The summed E-state index contributed by atoms with van der Waals surface area (Å²) in [4.78, 5) is 12.1. The topological polar surface area (TPSA) is 71.7 Å². The van der Waals surface area contributed by atoms with Crippen molar-refractivity contribution in [3.8, 4) is 5.75 Å². The fourth-order valence-corrected chi connectivity index (χ4v) is 2.48. The van der Waals surface area contributed by atoms with Crippen LogP contribution in [0.15, 0.2) is 65.1 Å². The van der Waals surface area contributed by atoms with Crippen LogP contribution in [-0.4, -0.2) is 36.7 Å². The van der Waals surface area contributed by atoms with Gasteiger partial charge in [0.15, 0.2) is 11.5 Å². The number of carbonyl (C=O) groups is 1. The highest BCUT2D eigenvalue weighted by atomic mass is 16.5. The van der Waals surface area contributed by atoms with E-state index in [1.165, 1.54) is 0 Å². The lowest BCUT2D eigenvalue weighted by atomic mass is 10.2. The number of aliphatic hydroxyl groups excluding tert-OH is 1. The number of hydrogen-bond acceptors (Lipinski definition) is 5. The van der Waals surface area contributed by atoms with Gasteiger partial charge in [0.2, 0.25) is 0 Å². The van der Waals surface area contributed by atoms with Gasteiger partial charge in [-0.25, -0.2) is 0 Å². The SMILES string of the molecule is O=C(CCNCC(O)COc1ccccc1)c1cc2ccccc2o1. The summed E-state index contributed by atoms with van der Waals surface area (Å²) >= 11 is 0. The predicted molar refractivity (Wildman–Crippen MR) is 96.0 cm³/mol. The summed E-state index contributed by atoms with van der Waals surface area (Å²) in [6.45, 7) is 1.03. The number of hydrogen-bond donors (Lipinski definition) is 2. The van der Waals surface area contributed by atoms with Gasteiger partial charge in [0.05, 0.1) is 0 Å². The zero-order valence-electron chi connectivity index (χ0n) is 13.9. The Labute approximate surface area is 146 Å². The minimum atomic E-state index is -0.637. The van der Waals surface area contributed by atoms with Crippen molar-refractivity contribution in [3.05, 3.63) is 66.4 Å². The number of para-hydroxylation sites is 2. The maximum atomic E-state index is 12.1. The van der Waals surface area contributed by atoms with Gasteiger partial charge in [-0.1, -0.05) is 36.4 Å². The number of ketones is 1. The molecule has 0 saturated heterocycles. The largest absolute Gasteiger partial charge is 0.491 e. The molecule has 0 aliphatic rings. The van der Waals surface area contributed by atoms with Gasteiger partial charge in [-0.05, 0) is 24.3 Å². The van der Waals surface area contributed by atoms with Gasteiger partial charge < -0.3 is 19.6 Å². The molecular weight excluding hydrogens is 318 g/mol. The van der Waals surface area contributed by atoms with Crippen molar-refractivity contribution >= 4 is 16.8 Å². The van der Waals surface area contributed by atoms with Crippen molar-refractivity contribution in [1.29, 1.82) is 0 Å². The Balaban J connectivity index is 1.37. The van der Waals surface area contributed by atoms with E-state index in [4.69, 9.17) is 9.15 Å². The van der Waals surface area contributed by atoms with Gasteiger partial charge in [-0.15, -0.1) is 0 Å². The van der Waals surface area contributed by atoms with Crippen LogP contribution < -0.4 is 10.1 Å². The first kappa shape index (κ1) is 17.2. The number of aliphatic hydroxyl groups is 1. The molecule has 0 amide bonds. The van der Waals surface area contributed by atoms with Crippen LogP contribution in [0.3, 0.4) is 0 Å². The molecule has 0 bridgehead atoms. The van der Waals surface area contributed by atoms with Crippen LogP contribution in [0.1, 0.15) is 17.0 Å². The van der Waals surface area contributed by atoms with E-state index in [1.54, 1.807) is 6.07 Å². The third-order valence-electron chi connectivity index (χ3n) is 3.79. The highest BCUT2D eigenvalue weighted by molar-refractivity contribution is 5.97. The molecule has 0 saturated carbocycles. The Kier molecular flexibility index (Phi) is 5.82. The minimum Gasteiger partial charge on any atom is -0.491 e. The molecule has 0 spiro atoms. The fraction of sp³-hybridized carbons (Fsp3) is 0.250. The Morgan fingerprint density at radius 3 is 2.68 bits per heavy atom. The average Bonchev–Trinajstić information content (AvgIpc) is 3.08. The summed E-state index contributed by atoms with van der Waals surface area (Å²) in [7, 11) is 0. The van der Waals surface area contributed by atoms with Crippen molar-refractivity contribution in [2.75, 3.05) is 19.7 Å². The Morgan fingerprint density at radius 1 is 1.12 bits per heavy atom. The number of furan rings is 1. The van der Waals surface area contributed by atoms with Crippen LogP contribution >= 0.6 is 0 Å². The van der Waals surface area contributed by atoms with E-state index in [1.807, 2.05) is 54.6 Å². The normalized spacial score (nSPS) is 12.2. The van der Waals surface area contributed by atoms with E-state index >= 15 is 0 Å². The molecule has 25 heavy (non-hydrogen) atoms. The standard InChI is InChI=1S/C20H21NO4/c22-16(14-24-17-7-2-1-3-8-17)13-21-11-10-18(23)20-12-15-6-4-5-9-19(15)25-20/h1-9,12,16,21-22H,10-11,13-14H2. The molecule has 5 heteroatoms. The lowest BCUT2D eigenvalue weighted by Gasteiger charge is -2.13. The molecule has 3 aromatic rings. The van der Waals surface area contributed by atoms with Crippen LogP contribution in [0.25, 0.3) is 11.0 Å². The Hall–Kier alpha value is -2.63. The molecule has 3 rings (SSSR count). The van der Waals surface area contributed by atoms with Crippen LogP contribution in [0, 0.1) is 0 Å². The molecule has 0 aliphatic heterocycles. The maximum Gasteiger partial charge on any atom is 0.199 e. The number of nitrogens with one attached hydrogen (secondary N) is 1. The highest BCUT2D eigenvalue weighted by Gasteiger charge is 2.12. The zero-order valence-corrected chi connectivity index (χ0v) is 13.9. The molecule has 1 heterocycles. The summed E-state index contributed by atoms with van der Waals surface area (Å²) in [5.74, 6) is 1.04. The summed E-state index contributed by atoms with van der Waals surface area (Å²) in [5.41, 5.74) is 0.715. The van der Waals surface area contributed by atoms with E-state index in [0.717, 1.165) is 11.1 Å². The number of Topliss-reactive ketones (excluding diaryl/α,β-unsaturated/α-hetero) is 1. The molecule has 2 aromatic carbocycles. The van der Waals surface area contributed by atoms with Gasteiger partial charge in [0.1, 0.15) is 24.0 Å². The summed E-state index contributed by atoms with van der Waals surface area (Å²) in [6.07, 6.45) is -0.326. The zero-order chi connectivity index (χ0) is 17.5. The van der Waals surface area contributed by atoms with Crippen molar-refractivity contribution < 1.29 is 19.1 Å². The quantitative estimate of drug-likeness (QED) is 0.463. The lowest BCUT2D eigenvalue weighted by Crippen LogP contribution is -2.32. The number of fused-ring (bicyclic) bond motifs is 1. The van der Waals surface area contributed by atoms with Gasteiger partial charge in [0.25, 0.3) is 0 Å². The van der Waals surface area contributed by atoms with Crippen LogP contribution in [0.4, 0.5) is 0 Å². The predicted octanol–water partition coefficient (Wildman–Crippen LogP) is 3.04. The maximum absolute atomic E-state index is 12.1. The van der Waals surface area contributed by atoms with Gasteiger partial charge in [-0.3, -0.25) is 4.79 Å². The van der Waals surface area contributed by atoms with Crippen molar-refractivity contribution in [2.45, 2.75) is 12.5 Å². The van der Waals surface area contributed by atoms with Gasteiger partial charge >= 0.3 is 0 Å². The van der Waals surface area contributed by atoms with E-state index in [0.29, 0.717) is 30.9 Å². The molecule has 130 valence electrons. The molecule has 1 unspecified atom stereocenters. The third-order valence-corrected chi connectivity index (χ3v) is 3.79. The first-order valence-electron chi connectivity index (χ1n) is 8.31. The van der Waals surface area contributed by atoms with Gasteiger partial charge in [-0.2, -0.15) is 0 Å². The van der Waals surface area contributed by atoms with E-state index in [9.17, 15) is 9.90 Å². The smallest absolute Gasteiger partial charge is 0.199 e. The van der Waals surface area contributed by atoms with E-state index in [2.05, 4.69) is 5.32 Å². The summed E-state index contributed by atoms with van der Waals surface area (Å²) in [6, 6.07) is 18.6. The van der Waals surface area contributed by atoms with Crippen molar-refractivity contribution in [3.63, 3.8) is 0 Å². The Bertz CT molecular complexity index is 780. The summed E-state index contributed by atoms with van der Waals surface area (Å²) in [5, 5.41) is 13.9. The monoisotopic (exact) mass is 339 g/mol. The second kappa shape index (κ2) is 8.46. The number of ether oxygens (including phenoxy) is 1. The van der Waals surface area contributed by atoms with Crippen molar-refractivity contribution in [2.24, 2.45) is 0 Å². The van der Waals surface area contributed by atoms with Crippen LogP contribution in [0.5, 0.6) is 5.75 Å². The molecule has 1 aromatic heterocycles. The average molecular weight is 339 g/mol. The van der Waals surface area contributed by atoms with Gasteiger partial charge in [0, 0.05) is 24.9 Å². The minimum absolute atomic E-state index is 0.0567. The lowest BCUT2D eigenvalue weighted by molar-refractivity contribution is 0.0941. The highest BCUT2D eigenvalue weighted by Crippen LogP contribution is 2.19. The second-order valence-electron chi connectivity index (χ2n) is 5.80. The molecule has 0 aliphatic carbocycles. The molecule has 5 nitrogen and oxygen atoms in total. The molecular formula is C20H21NO4. The fourth-order valence-electron chi connectivity index (χ4n) is 2.48. The molecule has 0 radical (unpaired) electrons. The van der Waals surface area contributed by atoms with Crippen LogP contribution in [-0.2, 0) is 0 Å². The third kappa shape index (κ3) is 4.92. The molecule has 0 fully saturated rings. The number of rotatable bonds is 9. The first-order chi connectivity index (χ1) is 12.2. The molecule has 2 N–H and O–H groups in total. The number of benzene rings is 2. The van der Waals surface area contributed by atoms with Crippen LogP contribution in [0.2, 0.25) is 0 Å². The molecule has 1 atom stereocenters. The first-order valence-corrected chi connectivity index (χ1v) is 8.31. The number of carbonyl (C=O) groups excluding carboxylic acids is 1. The van der Waals surface area contributed by atoms with Crippen molar-refractivity contribution in [1.82, 2.24) is 5.32 Å². The van der Waals surface area contributed by atoms with E-state index in [-0.39, 0.29) is 12.4 Å².